The van der Waals surface area contributed by atoms with Crippen LogP contribution in [-0.4, -0.2) is 23.8 Å². The van der Waals surface area contributed by atoms with Crippen LogP contribution in [0.3, 0.4) is 0 Å². The molecular formula is C15H21NO3. The summed E-state index contributed by atoms with van der Waals surface area (Å²) in [6.45, 7) is 0.537. The maximum Gasteiger partial charge on any atom is 0.407 e. The van der Waals surface area contributed by atoms with Crippen LogP contribution in [0.2, 0.25) is 0 Å². The minimum absolute atomic E-state index is 0.194. The van der Waals surface area contributed by atoms with E-state index in [4.69, 9.17) is 9.84 Å². The maximum absolute atomic E-state index is 11.7. The molecule has 104 valence electrons. The van der Waals surface area contributed by atoms with E-state index < -0.39 is 0 Å². The van der Waals surface area contributed by atoms with Crippen molar-refractivity contribution in [3.05, 3.63) is 35.9 Å². The average Bonchev–Trinajstić information content (AvgIpc) is 2.85. The Bertz CT molecular complexity index is 394. The molecule has 0 heterocycles. The lowest BCUT2D eigenvalue weighted by Gasteiger charge is -2.13. The predicted octanol–water partition coefficient (Wildman–Crippen LogP) is 2.46. The molecule has 19 heavy (non-hydrogen) atoms. The fraction of sp³-hybridized carbons (Fsp3) is 0.533. The first-order valence-corrected chi connectivity index (χ1v) is 6.86. The van der Waals surface area contributed by atoms with Gasteiger partial charge in [-0.25, -0.2) is 4.79 Å². The van der Waals surface area contributed by atoms with Crippen LogP contribution in [-0.2, 0) is 11.3 Å². The Morgan fingerprint density at radius 1 is 1.32 bits per heavy atom. The summed E-state index contributed by atoms with van der Waals surface area (Å²) < 4.78 is 5.19. The van der Waals surface area contributed by atoms with E-state index >= 15 is 0 Å². The van der Waals surface area contributed by atoms with Crippen molar-refractivity contribution in [2.75, 3.05) is 6.61 Å². The van der Waals surface area contributed by atoms with Gasteiger partial charge in [0.05, 0.1) is 0 Å². The highest BCUT2D eigenvalue weighted by molar-refractivity contribution is 5.67. The number of amides is 1. The zero-order valence-corrected chi connectivity index (χ0v) is 11.0. The Kier molecular flexibility index (Phi) is 5.21. The molecule has 1 aromatic rings. The molecule has 1 amide bonds. The second kappa shape index (κ2) is 7.14. The van der Waals surface area contributed by atoms with Crippen LogP contribution in [0, 0.1) is 5.92 Å². The quantitative estimate of drug-likeness (QED) is 0.858. The van der Waals surface area contributed by atoms with Crippen LogP contribution in [0.15, 0.2) is 30.3 Å². The Morgan fingerprint density at radius 3 is 2.84 bits per heavy atom. The van der Waals surface area contributed by atoms with Crippen LogP contribution in [0.25, 0.3) is 0 Å². The van der Waals surface area contributed by atoms with Gasteiger partial charge in [-0.3, -0.25) is 0 Å². The molecule has 0 aliphatic heterocycles. The number of hydrogen-bond acceptors (Lipinski definition) is 3. The highest BCUT2D eigenvalue weighted by Gasteiger charge is 2.25. The molecule has 2 rings (SSSR count). The number of carbonyl (C=O) groups excluding carboxylic acids is 1. The van der Waals surface area contributed by atoms with Gasteiger partial charge >= 0.3 is 6.09 Å². The number of alkyl carbamates (subject to hydrolysis) is 1. The fourth-order valence-electron chi connectivity index (χ4n) is 2.58. The molecule has 2 N–H and O–H groups in total. The molecule has 0 spiro atoms. The number of hydrogen-bond donors (Lipinski definition) is 2. The normalized spacial score (nSPS) is 22.2. The minimum atomic E-state index is -0.349. The van der Waals surface area contributed by atoms with E-state index in [1.165, 1.54) is 0 Å². The van der Waals surface area contributed by atoms with Crippen LogP contribution < -0.4 is 5.32 Å². The number of rotatable bonds is 5. The Hall–Kier alpha value is -1.55. The number of aliphatic hydroxyl groups excluding tert-OH is 1. The van der Waals surface area contributed by atoms with E-state index in [1.54, 1.807) is 0 Å². The van der Waals surface area contributed by atoms with E-state index in [0.29, 0.717) is 12.5 Å². The van der Waals surface area contributed by atoms with Crippen molar-refractivity contribution in [1.82, 2.24) is 5.32 Å². The number of carbonyl (C=O) groups is 1. The van der Waals surface area contributed by atoms with Crippen molar-refractivity contribution in [2.24, 2.45) is 5.92 Å². The first kappa shape index (κ1) is 13.9. The minimum Gasteiger partial charge on any atom is -0.445 e. The summed E-state index contributed by atoms with van der Waals surface area (Å²) in [5.74, 6) is 0.532. The van der Waals surface area contributed by atoms with E-state index in [0.717, 1.165) is 31.2 Å². The van der Waals surface area contributed by atoms with Gasteiger partial charge in [0.1, 0.15) is 6.61 Å². The molecule has 1 aliphatic carbocycles. The second-order valence-corrected chi connectivity index (χ2v) is 5.09. The van der Waals surface area contributed by atoms with Gasteiger partial charge in [0.2, 0.25) is 0 Å². The van der Waals surface area contributed by atoms with Crippen molar-refractivity contribution >= 4 is 6.09 Å². The Labute approximate surface area is 113 Å². The summed E-state index contributed by atoms with van der Waals surface area (Å²) in [6.07, 6.45) is 3.48. The van der Waals surface area contributed by atoms with Gasteiger partial charge in [-0.05, 0) is 37.2 Å². The molecule has 4 heteroatoms. The van der Waals surface area contributed by atoms with E-state index in [1.807, 2.05) is 30.3 Å². The van der Waals surface area contributed by atoms with Gasteiger partial charge < -0.3 is 15.2 Å². The summed E-state index contributed by atoms with van der Waals surface area (Å²) in [6, 6.07) is 9.84. The summed E-state index contributed by atoms with van der Waals surface area (Å²) in [5, 5.41) is 11.8. The van der Waals surface area contributed by atoms with Crippen LogP contribution in [0.5, 0.6) is 0 Å². The highest BCUT2D eigenvalue weighted by atomic mass is 16.5. The lowest BCUT2D eigenvalue weighted by atomic mass is 10.0. The largest absolute Gasteiger partial charge is 0.445 e. The van der Waals surface area contributed by atoms with Crippen LogP contribution in [0.1, 0.15) is 31.2 Å². The average molecular weight is 263 g/mol. The molecule has 0 saturated heterocycles. The van der Waals surface area contributed by atoms with Crippen LogP contribution >= 0.6 is 0 Å². The predicted molar refractivity (Wildman–Crippen MR) is 72.6 cm³/mol. The third-order valence-corrected chi connectivity index (χ3v) is 3.61. The number of benzene rings is 1. The maximum atomic E-state index is 11.7. The van der Waals surface area contributed by atoms with Crippen molar-refractivity contribution in [1.29, 1.82) is 0 Å². The summed E-state index contributed by atoms with van der Waals surface area (Å²) in [4.78, 5) is 11.7. The molecule has 0 aromatic heterocycles. The molecule has 0 unspecified atom stereocenters. The zero-order chi connectivity index (χ0) is 13.5. The molecule has 1 aromatic carbocycles. The van der Waals surface area contributed by atoms with Crippen molar-refractivity contribution in [2.45, 2.75) is 38.3 Å². The third kappa shape index (κ3) is 4.56. The summed E-state index contributed by atoms with van der Waals surface area (Å²) >= 11 is 0. The Balaban J connectivity index is 1.68. The molecule has 4 nitrogen and oxygen atoms in total. The van der Waals surface area contributed by atoms with Gasteiger partial charge in [0.25, 0.3) is 0 Å². The van der Waals surface area contributed by atoms with E-state index in [2.05, 4.69) is 5.32 Å². The first-order chi connectivity index (χ1) is 9.28. The van der Waals surface area contributed by atoms with Crippen LogP contribution in [0.4, 0.5) is 4.79 Å². The topological polar surface area (TPSA) is 58.6 Å². The zero-order valence-electron chi connectivity index (χ0n) is 11.0. The standard InChI is InChI=1S/C15H21NO3/c17-9-8-12-6-7-14(10-12)16-15(18)19-11-13-4-2-1-3-5-13/h1-5,12,14,17H,6-11H2,(H,16,18)/t12-,14-/m0/s1. The molecular weight excluding hydrogens is 242 g/mol. The number of ether oxygens (including phenoxy) is 1. The van der Waals surface area contributed by atoms with Gasteiger partial charge in [0, 0.05) is 12.6 Å². The monoisotopic (exact) mass is 263 g/mol. The molecule has 1 saturated carbocycles. The van der Waals surface area contributed by atoms with Gasteiger partial charge in [0.15, 0.2) is 0 Å². The van der Waals surface area contributed by atoms with Crippen molar-refractivity contribution in [3.63, 3.8) is 0 Å². The highest BCUT2D eigenvalue weighted by Crippen LogP contribution is 2.27. The molecule has 1 fully saturated rings. The first-order valence-electron chi connectivity index (χ1n) is 6.86. The molecule has 0 radical (unpaired) electrons. The lowest BCUT2D eigenvalue weighted by Crippen LogP contribution is -2.33. The fourth-order valence-corrected chi connectivity index (χ4v) is 2.58. The molecule has 1 aliphatic rings. The number of nitrogens with one attached hydrogen (secondary N) is 1. The lowest BCUT2D eigenvalue weighted by molar-refractivity contribution is 0.135. The molecule has 2 atom stereocenters. The Morgan fingerprint density at radius 2 is 2.11 bits per heavy atom. The van der Waals surface area contributed by atoms with Gasteiger partial charge in [-0.2, -0.15) is 0 Å². The van der Waals surface area contributed by atoms with E-state index in [-0.39, 0.29) is 18.7 Å². The van der Waals surface area contributed by atoms with Gasteiger partial charge in [-0.15, -0.1) is 0 Å². The second-order valence-electron chi connectivity index (χ2n) is 5.09. The SMILES string of the molecule is O=C(N[C@H]1CC[C@@H](CCO)C1)OCc1ccccc1. The molecule has 0 bridgehead atoms. The van der Waals surface area contributed by atoms with Crippen molar-refractivity contribution < 1.29 is 14.6 Å². The summed E-state index contributed by atoms with van der Waals surface area (Å²) in [5.41, 5.74) is 0.988. The smallest absolute Gasteiger partial charge is 0.407 e. The number of aliphatic hydroxyl groups is 1. The third-order valence-electron chi connectivity index (χ3n) is 3.61. The summed E-state index contributed by atoms with van der Waals surface area (Å²) in [7, 11) is 0. The van der Waals surface area contributed by atoms with Gasteiger partial charge in [-0.1, -0.05) is 30.3 Å². The van der Waals surface area contributed by atoms with E-state index in [9.17, 15) is 4.79 Å². The van der Waals surface area contributed by atoms with Crippen molar-refractivity contribution in [3.8, 4) is 0 Å².